The van der Waals surface area contributed by atoms with Crippen LogP contribution in [0.3, 0.4) is 0 Å². The number of rotatable bonds is 47. The first-order valence-electron chi connectivity index (χ1n) is 33.4. The number of Topliss-reactive ketones (excluding diaryl/α,β-unsaturated/α-hetero) is 2. The average molecular weight is 1380 g/mol. The lowest BCUT2D eigenvalue weighted by atomic mass is 10.0. The van der Waals surface area contributed by atoms with Gasteiger partial charge in [-0.15, -0.1) is 0 Å². The Morgan fingerprint density at radius 2 is 1.35 bits per heavy atom. The van der Waals surface area contributed by atoms with Crippen LogP contribution in [0.15, 0.2) is 34.9 Å². The molecule has 520 valence electrons. The van der Waals surface area contributed by atoms with E-state index in [1.54, 1.807) is 29.2 Å². The van der Waals surface area contributed by atoms with Crippen LogP contribution in [0.2, 0.25) is 0 Å². The predicted molar refractivity (Wildman–Crippen MR) is 346 cm³/mol. The van der Waals surface area contributed by atoms with Crippen molar-refractivity contribution >= 4 is 85.8 Å². The number of aryl methyl sites for hydroxylation is 1. The molecule has 4 aliphatic rings. The lowest BCUT2D eigenvalue weighted by Gasteiger charge is -2.27. The van der Waals surface area contributed by atoms with Crippen molar-refractivity contribution in [2.45, 2.75) is 211 Å². The number of aliphatic carboxylic acids is 1. The van der Waals surface area contributed by atoms with Crippen molar-refractivity contribution in [3.63, 3.8) is 0 Å². The summed E-state index contributed by atoms with van der Waals surface area (Å²) in [6.45, 7) is 6.20. The Hall–Kier alpha value is -6.49. The molecular weight excluding hydrogens is 1290 g/mol. The molecule has 3 aromatic rings. The first-order valence-corrected chi connectivity index (χ1v) is 34.2. The maximum atomic E-state index is 14.1. The number of ketones is 2. The van der Waals surface area contributed by atoms with E-state index in [2.05, 4.69) is 48.9 Å². The van der Waals surface area contributed by atoms with Gasteiger partial charge < -0.3 is 68.6 Å². The molecule has 26 nitrogen and oxygen atoms in total. The molecule has 1 aromatic carbocycles. The lowest BCUT2D eigenvalue weighted by molar-refractivity contribution is -0.159. The molecule has 4 N–H and O–H groups in total. The smallest absolute Gasteiger partial charge is 0.332 e. The van der Waals surface area contributed by atoms with Crippen molar-refractivity contribution in [2.75, 3.05) is 85.0 Å². The maximum Gasteiger partial charge on any atom is 0.332 e. The molecular formula is C67H96BrN7O19. The van der Waals surface area contributed by atoms with E-state index in [0.717, 1.165) is 56.9 Å². The molecule has 4 fully saturated rings. The molecule has 0 bridgehead atoms. The second-order valence-corrected chi connectivity index (χ2v) is 25.9. The van der Waals surface area contributed by atoms with Gasteiger partial charge >= 0.3 is 17.9 Å². The molecule has 2 aromatic heterocycles. The normalized spacial score (nSPS) is 20.5. The summed E-state index contributed by atoms with van der Waals surface area (Å²) in [6.07, 6.45) is 15.6. The predicted octanol–water partition coefficient (Wildman–Crippen LogP) is 7.48. The Morgan fingerprint density at radius 1 is 0.723 bits per heavy atom. The van der Waals surface area contributed by atoms with Crippen LogP contribution in [0.25, 0.3) is 10.9 Å². The molecule has 1 saturated carbocycles. The zero-order valence-corrected chi connectivity index (χ0v) is 56.5. The molecule has 3 aliphatic heterocycles. The summed E-state index contributed by atoms with van der Waals surface area (Å²) in [7, 11) is 1.25. The van der Waals surface area contributed by atoms with Crippen LogP contribution in [0.4, 0.5) is 5.82 Å². The monoisotopic (exact) mass is 1380 g/mol. The number of unbranched alkanes of at least 4 members (excludes halogenated alkanes) is 13. The number of piperidine rings is 1. The second kappa shape index (κ2) is 38.9. The fraction of sp³-hybridized carbons (Fsp3) is 0.687. The van der Waals surface area contributed by atoms with Crippen molar-refractivity contribution in [1.82, 2.24) is 30.3 Å². The van der Waals surface area contributed by atoms with E-state index < -0.39 is 54.4 Å². The summed E-state index contributed by atoms with van der Waals surface area (Å²) in [5.74, 6) is -2.62. The average Bonchev–Trinajstić information content (AvgIpc) is 1.55. The van der Waals surface area contributed by atoms with Crippen LogP contribution in [0.1, 0.15) is 171 Å². The Morgan fingerprint density at radius 3 is 2.02 bits per heavy atom. The van der Waals surface area contributed by atoms with Crippen molar-refractivity contribution < 1.29 is 90.9 Å². The number of benzene rings is 1. The quantitative estimate of drug-likeness (QED) is 0.0184. The third-order valence-electron chi connectivity index (χ3n) is 17.5. The molecule has 8 atom stereocenters. The van der Waals surface area contributed by atoms with Gasteiger partial charge in [0.1, 0.15) is 71.7 Å². The molecule has 0 spiro atoms. The molecule has 1 aliphatic carbocycles. The third-order valence-corrected chi connectivity index (χ3v) is 17.9. The van der Waals surface area contributed by atoms with Gasteiger partial charge in [0.15, 0.2) is 18.0 Å². The minimum atomic E-state index is -0.890. The van der Waals surface area contributed by atoms with Crippen LogP contribution in [0, 0.1) is 12.3 Å². The van der Waals surface area contributed by atoms with E-state index in [1.807, 2.05) is 13.0 Å². The first kappa shape index (κ1) is 74.9. The number of nitrogens with zero attached hydrogens (tertiary/aromatic N) is 4. The van der Waals surface area contributed by atoms with Gasteiger partial charge in [-0.05, 0) is 96.6 Å². The number of ether oxygens (including phenoxy) is 9. The Balaban J connectivity index is 0.665. The van der Waals surface area contributed by atoms with Crippen molar-refractivity contribution in [1.29, 1.82) is 0 Å². The van der Waals surface area contributed by atoms with Crippen molar-refractivity contribution in [3.05, 3.63) is 46.2 Å². The Bertz CT molecular complexity index is 3020. The number of nitrogens with one attached hydrogen (secondary N) is 3. The highest BCUT2D eigenvalue weighted by atomic mass is 79.9. The summed E-state index contributed by atoms with van der Waals surface area (Å²) < 4.78 is 52.8. The summed E-state index contributed by atoms with van der Waals surface area (Å²) in [5, 5.41) is 22.1. The lowest BCUT2D eigenvalue weighted by Crippen LogP contribution is -2.47. The molecule has 0 radical (unpaired) electrons. The standard InChI is InChI=1S/C67H96BrN7O19/c1-44-23-28-55(68)71-64(44)72-65(84)51-37-67(3)38-54(67)75(51)58(80)39-74-50-27-25-47(36-48(50)61(73-74)45(2)76)93-52-40-91-63-53(41-92-62(52)63)94-60(83)43-90-35-33-88-31-29-69-57(79)42-89-34-32-87-30-19-20-46(77)24-26-49(66(85)86-4)70-56(78)21-17-15-13-11-9-7-5-6-8-10-12-14-16-18-22-59(81)82/h23,25,27-28,36,49,51-54,62-63H,5-22,24,26,29-35,37-43H2,1-4H3,(H,69,79)(H,70,78)(H,81,82)(H,71,72,84)/t49-,51-,52+,53+,54+,62+,63+,67-/m0/s1. The van der Waals surface area contributed by atoms with E-state index in [-0.39, 0.29) is 151 Å². The molecule has 27 heteroatoms. The number of esters is 2. The van der Waals surface area contributed by atoms with Gasteiger partial charge in [0, 0.05) is 57.2 Å². The largest absolute Gasteiger partial charge is 0.485 e. The number of hydrogen-bond donors (Lipinski definition) is 4. The van der Waals surface area contributed by atoms with Crippen LogP contribution in [0.5, 0.6) is 5.75 Å². The summed E-state index contributed by atoms with van der Waals surface area (Å²) >= 11 is 3.36. The van der Waals surface area contributed by atoms with Gasteiger partial charge in [0.2, 0.25) is 23.6 Å². The number of anilines is 1. The number of carboxylic acids is 1. The fourth-order valence-corrected chi connectivity index (χ4v) is 12.5. The number of methoxy groups -OCH3 is 1. The zero-order chi connectivity index (χ0) is 67.4. The summed E-state index contributed by atoms with van der Waals surface area (Å²) in [4.78, 5) is 120. The highest BCUT2D eigenvalue weighted by molar-refractivity contribution is 9.10. The second-order valence-electron chi connectivity index (χ2n) is 25.1. The molecule has 7 rings (SSSR count). The number of amides is 4. The molecule has 0 unspecified atom stereocenters. The van der Waals surface area contributed by atoms with Crippen LogP contribution in [-0.4, -0.2) is 200 Å². The first-order chi connectivity index (χ1) is 45.3. The number of hydrogen-bond acceptors (Lipinski definition) is 20. The number of carbonyl (C=O) groups is 9. The van der Waals surface area contributed by atoms with Gasteiger partial charge in [-0.25, -0.2) is 14.6 Å². The van der Waals surface area contributed by atoms with E-state index in [1.165, 1.54) is 63.7 Å². The number of pyridine rings is 1. The number of carboxylic acid groups (broad SMARTS) is 1. The van der Waals surface area contributed by atoms with Crippen LogP contribution < -0.4 is 20.7 Å². The van der Waals surface area contributed by atoms with Crippen LogP contribution in [-0.2, 0) is 82.8 Å². The number of halogens is 1. The van der Waals surface area contributed by atoms with E-state index in [4.69, 9.17) is 47.7 Å². The fourth-order valence-electron chi connectivity index (χ4n) is 12.2. The Kier molecular flexibility index (Phi) is 31.0. The van der Waals surface area contributed by atoms with Gasteiger partial charge in [0.25, 0.3) is 0 Å². The topological polar surface area (TPSA) is 327 Å². The van der Waals surface area contributed by atoms with E-state index >= 15 is 0 Å². The maximum absolute atomic E-state index is 14.1. The highest BCUT2D eigenvalue weighted by Crippen LogP contribution is 2.59. The van der Waals surface area contributed by atoms with E-state index in [9.17, 15) is 43.2 Å². The molecule has 5 heterocycles. The van der Waals surface area contributed by atoms with Crippen LogP contribution >= 0.6 is 15.9 Å². The van der Waals surface area contributed by atoms with Gasteiger partial charge in [-0.1, -0.05) is 90.0 Å². The number of aromatic nitrogens is 3. The summed E-state index contributed by atoms with van der Waals surface area (Å²) in [5.41, 5.74) is 1.32. The van der Waals surface area contributed by atoms with Gasteiger partial charge in [-0.2, -0.15) is 5.10 Å². The van der Waals surface area contributed by atoms with Gasteiger partial charge in [0.05, 0.1) is 58.9 Å². The van der Waals surface area contributed by atoms with Gasteiger partial charge in [-0.3, -0.25) is 38.2 Å². The SMILES string of the molecule is COC(=O)[C@H](CCC(=O)CCCOCCOCC(=O)NCCOCCOCC(=O)O[C@@H]1CO[C@H]2[C@@H]1OC[C@H]2Oc1ccc2c(c1)c(C(C)=O)nn2CC(=O)N1[C@H](C(=O)Nc2nc(Br)ccc2C)C[C@@]2(C)C[C@@H]12)NC(=O)CCCCCCCCCCCCCCCCC(=O)O. The molecule has 3 saturated heterocycles. The number of fused-ring (bicyclic) bond motifs is 3. The minimum absolute atomic E-state index is 0.0609. The number of likely N-dealkylation sites (tertiary alicyclic amines) is 1. The number of carbonyl (C=O) groups excluding carboxylic acids is 8. The highest BCUT2D eigenvalue weighted by Gasteiger charge is 2.64. The zero-order valence-electron chi connectivity index (χ0n) is 54.9. The molecule has 4 amide bonds. The Labute approximate surface area is 558 Å². The van der Waals surface area contributed by atoms with Crippen molar-refractivity contribution in [3.8, 4) is 5.75 Å². The van der Waals surface area contributed by atoms with Crippen molar-refractivity contribution in [2.24, 2.45) is 5.41 Å². The molecule has 94 heavy (non-hydrogen) atoms. The minimum Gasteiger partial charge on any atom is -0.485 e. The third kappa shape index (κ3) is 24.0. The van der Waals surface area contributed by atoms with E-state index in [0.29, 0.717) is 52.9 Å². The summed E-state index contributed by atoms with van der Waals surface area (Å²) in [6, 6.07) is 7.09.